The van der Waals surface area contributed by atoms with Crippen molar-refractivity contribution in [3.63, 3.8) is 0 Å². The van der Waals surface area contributed by atoms with Gasteiger partial charge in [-0.25, -0.2) is 8.78 Å². The number of aryl methyl sites for hydroxylation is 1. The molecule has 1 unspecified atom stereocenters. The Kier molecular flexibility index (Phi) is 9.15. The van der Waals surface area contributed by atoms with Gasteiger partial charge in [0.05, 0.1) is 0 Å². The predicted octanol–water partition coefficient (Wildman–Crippen LogP) is 7.89. The highest BCUT2D eigenvalue weighted by Gasteiger charge is 2.59. The molecule has 1 atom stereocenters. The summed E-state index contributed by atoms with van der Waals surface area (Å²) < 4.78 is 99.7. The van der Waals surface area contributed by atoms with Crippen molar-refractivity contribution in [1.82, 2.24) is 0 Å². The second-order valence-corrected chi connectivity index (χ2v) is 9.89. The lowest BCUT2D eigenvalue weighted by Gasteiger charge is -2.37. The first-order chi connectivity index (χ1) is 16.0. The molecular formula is C25H33F7O2. The Morgan fingerprint density at radius 3 is 1.94 bits per heavy atom. The molecule has 1 aromatic rings. The van der Waals surface area contributed by atoms with Gasteiger partial charge in [-0.15, -0.1) is 0 Å². The van der Waals surface area contributed by atoms with E-state index in [-0.39, 0.29) is 0 Å². The van der Waals surface area contributed by atoms with E-state index >= 15 is 0 Å². The highest BCUT2D eigenvalue weighted by atomic mass is 19.4. The molecule has 0 heterocycles. The molecule has 0 bridgehead atoms. The zero-order chi connectivity index (χ0) is 24.9. The minimum atomic E-state index is -5.82. The molecule has 2 aliphatic rings. The molecule has 1 aromatic carbocycles. The summed E-state index contributed by atoms with van der Waals surface area (Å²) in [6.45, 7) is 0.847. The molecule has 0 spiro atoms. The van der Waals surface area contributed by atoms with Crippen molar-refractivity contribution in [2.75, 3.05) is 13.7 Å². The van der Waals surface area contributed by atoms with E-state index in [4.69, 9.17) is 4.74 Å². The summed E-state index contributed by atoms with van der Waals surface area (Å²) in [7, 11) is 1.75. The average molecular weight is 499 g/mol. The molecule has 2 saturated carbocycles. The van der Waals surface area contributed by atoms with Crippen molar-refractivity contribution in [2.45, 2.75) is 82.7 Å². The van der Waals surface area contributed by atoms with Gasteiger partial charge in [-0.3, -0.25) is 0 Å². The van der Waals surface area contributed by atoms with Gasteiger partial charge in [0.2, 0.25) is 0 Å². The molecule has 0 saturated heterocycles. The Balaban J connectivity index is 1.44. The molecule has 0 radical (unpaired) electrons. The molecule has 0 aliphatic heterocycles. The number of rotatable bonds is 9. The summed E-state index contributed by atoms with van der Waals surface area (Å²) in [6, 6.07) is 3.13. The molecule has 9 heteroatoms. The van der Waals surface area contributed by atoms with Gasteiger partial charge in [0.15, 0.2) is 11.6 Å². The first-order valence-corrected chi connectivity index (χ1v) is 12.0. The summed E-state index contributed by atoms with van der Waals surface area (Å²) >= 11 is 0. The van der Waals surface area contributed by atoms with E-state index in [0.29, 0.717) is 23.8 Å². The number of ether oxygens (including phenoxy) is 2. The second-order valence-electron chi connectivity index (χ2n) is 9.89. The van der Waals surface area contributed by atoms with Crippen LogP contribution in [0.15, 0.2) is 18.2 Å². The van der Waals surface area contributed by atoms with E-state index < -0.39 is 30.0 Å². The van der Waals surface area contributed by atoms with Gasteiger partial charge in [-0.05, 0) is 92.7 Å². The third-order valence-electron chi connectivity index (χ3n) is 7.52. The van der Waals surface area contributed by atoms with Crippen LogP contribution in [0.25, 0.3) is 0 Å². The Bertz CT molecular complexity index is 767. The van der Waals surface area contributed by atoms with Gasteiger partial charge in [-0.2, -0.15) is 22.0 Å². The van der Waals surface area contributed by atoms with E-state index in [2.05, 4.69) is 4.74 Å². The molecular weight excluding hydrogens is 465 g/mol. The van der Waals surface area contributed by atoms with Gasteiger partial charge in [-0.1, -0.05) is 18.9 Å². The lowest BCUT2D eigenvalue weighted by Crippen LogP contribution is -2.45. The van der Waals surface area contributed by atoms with Crippen molar-refractivity contribution in [1.29, 1.82) is 0 Å². The molecule has 0 N–H and O–H groups in total. The van der Waals surface area contributed by atoms with Crippen LogP contribution in [-0.4, -0.2) is 32.2 Å². The average Bonchev–Trinajstić information content (AvgIpc) is 2.79. The summed E-state index contributed by atoms with van der Waals surface area (Å²) in [4.78, 5) is 0. The third kappa shape index (κ3) is 7.25. The Hall–Kier alpha value is -1.51. The first-order valence-electron chi connectivity index (χ1n) is 12.0. The highest BCUT2D eigenvalue weighted by Crippen LogP contribution is 2.42. The molecule has 0 aromatic heterocycles. The fourth-order valence-electron chi connectivity index (χ4n) is 5.55. The van der Waals surface area contributed by atoms with Crippen LogP contribution in [0.1, 0.15) is 63.4 Å². The second kappa shape index (κ2) is 11.5. The maximum absolute atomic E-state index is 14.2. The number of benzene rings is 1. The standard InChI is InChI=1S/C25H33F7O2/c1-33-15-18-6-11-20(12-7-18)19-9-4-16(5-10-19)2-3-17-8-13-22(21(26)14-17)34-25(31,32)23(27)24(28,29)30/h8,13-14,16,18-20,23H,2-7,9-12,15H2,1H3. The number of alkyl halides is 6. The van der Waals surface area contributed by atoms with E-state index in [1.165, 1.54) is 44.6 Å². The summed E-state index contributed by atoms with van der Waals surface area (Å²) in [5.74, 6) is 0.384. The lowest BCUT2D eigenvalue weighted by atomic mass is 9.69. The van der Waals surface area contributed by atoms with Crippen LogP contribution in [0, 0.1) is 29.5 Å². The molecule has 2 nitrogen and oxygen atoms in total. The van der Waals surface area contributed by atoms with Gasteiger partial charge < -0.3 is 9.47 Å². The van der Waals surface area contributed by atoms with Gasteiger partial charge in [0, 0.05) is 13.7 Å². The van der Waals surface area contributed by atoms with Crippen LogP contribution < -0.4 is 4.74 Å². The number of hydrogen-bond donors (Lipinski definition) is 0. The van der Waals surface area contributed by atoms with Crippen LogP contribution in [0.4, 0.5) is 30.7 Å². The maximum atomic E-state index is 14.2. The van der Waals surface area contributed by atoms with Crippen molar-refractivity contribution in [2.24, 2.45) is 23.7 Å². The fraction of sp³-hybridized carbons (Fsp3) is 0.760. The number of halogens is 7. The van der Waals surface area contributed by atoms with Gasteiger partial charge in [0.1, 0.15) is 0 Å². The minimum absolute atomic E-state index is 0.503. The van der Waals surface area contributed by atoms with E-state index in [0.717, 1.165) is 49.8 Å². The Morgan fingerprint density at radius 1 is 0.882 bits per heavy atom. The fourth-order valence-corrected chi connectivity index (χ4v) is 5.55. The van der Waals surface area contributed by atoms with Crippen molar-refractivity contribution >= 4 is 0 Å². The highest BCUT2D eigenvalue weighted by molar-refractivity contribution is 5.30. The molecule has 2 fully saturated rings. The maximum Gasteiger partial charge on any atom is 0.439 e. The monoisotopic (exact) mass is 498 g/mol. The van der Waals surface area contributed by atoms with E-state index in [1.54, 1.807) is 7.11 Å². The molecule has 34 heavy (non-hydrogen) atoms. The van der Waals surface area contributed by atoms with E-state index in [1.807, 2.05) is 0 Å². The SMILES string of the molecule is COCC1CCC(C2CCC(CCc3ccc(OC(F)(F)C(F)C(F)(F)F)c(F)c3)CC2)CC1. The number of hydrogen-bond acceptors (Lipinski definition) is 2. The normalized spacial score (nSPS) is 27.4. The molecule has 2 aliphatic carbocycles. The van der Waals surface area contributed by atoms with Crippen molar-refractivity contribution in [3.8, 4) is 5.75 Å². The quantitative estimate of drug-likeness (QED) is 0.322. The van der Waals surface area contributed by atoms with Crippen molar-refractivity contribution < 1.29 is 40.2 Å². The molecule has 194 valence electrons. The zero-order valence-corrected chi connectivity index (χ0v) is 19.4. The molecule has 3 rings (SSSR count). The van der Waals surface area contributed by atoms with Crippen LogP contribution in [0.5, 0.6) is 5.75 Å². The smallest absolute Gasteiger partial charge is 0.427 e. The summed E-state index contributed by atoms with van der Waals surface area (Å²) in [5.41, 5.74) is 0.541. The van der Waals surface area contributed by atoms with Crippen molar-refractivity contribution in [3.05, 3.63) is 29.6 Å². The van der Waals surface area contributed by atoms with E-state index in [9.17, 15) is 30.7 Å². The van der Waals surface area contributed by atoms with Crippen LogP contribution in [0.3, 0.4) is 0 Å². The Labute approximate surface area is 196 Å². The van der Waals surface area contributed by atoms with Gasteiger partial charge in [0.25, 0.3) is 6.17 Å². The van der Waals surface area contributed by atoms with Gasteiger partial charge >= 0.3 is 12.3 Å². The zero-order valence-electron chi connectivity index (χ0n) is 19.4. The summed E-state index contributed by atoms with van der Waals surface area (Å²) in [6.07, 6.45) is -4.65. The van der Waals surface area contributed by atoms with Crippen LogP contribution in [0.2, 0.25) is 0 Å². The largest absolute Gasteiger partial charge is 0.439 e. The van der Waals surface area contributed by atoms with Crippen LogP contribution >= 0.6 is 0 Å². The predicted molar refractivity (Wildman–Crippen MR) is 114 cm³/mol. The summed E-state index contributed by atoms with van der Waals surface area (Å²) in [5, 5.41) is 0. The number of methoxy groups -OCH3 is 1. The molecule has 0 amide bonds. The lowest BCUT2D eigenvalue weighted by molar-refractivity contribution is -0.305. The van der Waals surface area contributed by atoms with Crippen LogP contribution in [-0.2, 0) is 11.2 Å². The Morgan fingerprint density at radius 2 is 1.44 bits per heavy atom. The topological polar surface area (TPSA) is 18.5 Å². The third-order valence-corrected chi connectivity index (χ3v) is 7.52. The first kappa shape index (κ1) is 27.1. The minimum Gasteiger partial charge on any atom is -0.427 e.